The molecule has 1 aromatic carbocycles. The molecule has 22 heavy (non-hydrogen) atoms. The summed E-state index contributed by atoms with van der Waals surface area (Å²) in [6, 6.07) is 8.36. The van der Waals surface area contributed by atoms with E-state index in [4.69, 9.17) is 17.0 Å². The van der Waals surface area contributed by atoms with Gasteiger partial charge in [0.05, 0.1) is 13.0 Å². The Kier molecular flexibility index (Phi) is 5.77. The summed E-state index contributed by atoms with van der Waals surface area (Å²) in [4.78, 5) is 13.6. The first-order chi connectivity index (χ1) is 10.5. The molecule has 0 atom stereocenters. The molecule has 1 N–H and O–H groups in total. The molecule has 1 saturated heterocycles. The van der Waals surface area contributed by atoms with E-state index in [2.05, 4.69) is 48.3 Å². The second-order valence-electron chi connectivity index (χ2n) is 5.99. The number of thiocarbonyl (C=S) groups is 1. The summed E-state index contributed by atoms with van der Waals surface area (Å²) in [5.74, 6) is 0.426. The lowest BCUT2D eigenvalue weighted by Crippen LogP contribution is -2.42. The topological polar surface area (TPSA) is 41.6 Å². The Morgan fingerprint density at radius 2 is 1.86 bits per heavy atom. The summed E-state index contributed by atoms with van der Waals surface area (Å²) in [5.41, 5.74) is 2.32. The van der Waals surface area contributed by atoms with E-state index in [9.17, 15) is 4.79 Å². The van der Waals surface area contributed by atoms with E-state index >= 15 is 0 Å². The number of methoxy groups -OCH3 is 1. The van der Waals surface area contributed by atoms with Crippen molar-refractivity contribution in [2.45, 2.75) is 32.6 Å². The molecule has 0 unspecified atom stereocenters. The number of carbonyl (C=O) groups is 1. The van der Waals surface area contributed by atoms with Crippen LogP contribution < -0.4 is 5.32 Å². The van der Waals surface area contributed by atoms with E-state index in [0.717, 1.165) is 36.7 Å². The highest BCUT2D eigenvalue weighted by atomic mass is 32.1. The molecule has 1 aromatic rings. The Hall–Kier alpha value is -1.62. The van der Waals surface area contributed by atoms with Gasteiger partial charge in [-0.2, -0.15) is 0 Å². The van der Waals surface area contributed by atoms with Gasteiger partial charge in [-0.15, -0.1) is 0 Å². The number of hydrogen-bond acceptors (Lipinski definition) is 3. The number of nitrogens with one attached hydrogen (secondary N) is 1. The standard InChI is InChI=1S/C17H24N2O2S/c1-12(2)13-4-6-15(7-5-13)18-17(22)19-10-8-14(9-11-19)16(20)21-3/h4-7,12,14H,8-11H2,1-3H3,(H,18,22). The SMILES string of the molecule is COC(=O)C1CCN(C(=S)Nc2ccc(C(C)C)cc2)CC1. The van der Waals surface area contributed by atoms with Crippen LogP contribution in [-0.4, -0.2) is 36.2 Å². The van der Waals surface area contributed by atoms with Gasteiger partial charge in [0.15, 0.2) is 5.11 Å². The summed E-state index contributed by atoms with van der Waals surface area (Å²) >= 11 is 5.47. The van der Waals surface area contributed by atoms with Crippen LogP contribution in [0.4, 0.5) is 5.69 Å². The monoisotopic (exact) mass is 320 g/mol. The van der Waals surface area contributed by atoms with E-state index in [0.29, 0.717) is 5.92 Å². The lowest BCUT2D eigenvalue weighted by molar-refractivity contribution is -0.146. The fourth-order valence-electron chi connectivity index (χ4n) is 2.64. The molecule has 2 rings (SSSR count). The van der Waals surface area contributed by atoms with Crippen LogP contribution in [0.25, 0.3) is 0 Å². The second-order valence-corrected chi connectivity index (χ2v) is 6.38. The maximum absolute atomic E-state index is 11.5. The molecular weight excluding hydrogens is 296 g/mol. The van der Waals surface area contributed by atoms with Crippen molar-refractivity contribution in [1.82, 2.24) is 4.90 Å². The molecule has 0 spiro atoms. The van der Waals surface area contributed by atoms with Gasteiger partial charge >= 0.3 is 5.97 Å². The van der Waals surface area contributed by atoms with Crippen molar-refractivity contribution in [3.05, 3.63) is 29.8 Å². The average molecular weight is 320 g/mol. The Morgan fingerprint density at radius 3 is 2.36 bits per heavy atom. The molecule has 1 fully saturated rings. The minimum atomic E-state index is -0.109. The van der Waals surface area contributed by atoms with Crippen molar-refractivity contribution in [3.8, 4) is 0 Å². The molecule has 0 aliphatic carbocycles. The van der Waals surface area contributed by atoms with Crippen LogP contribution in [0, 0.1) is 5.92 Å². The molecular formula is C17H24N2O2S. The predicted molar refractivity (Wildman–Crippen MR) is 93.1 cm³/mol. The minimum Gasteiger partial charge on any atom is -0.469 e. The third kappa shape index (κ3) is 4.19. The number of hydrogen-bond donors (Lipinski definition) is 1. The lowest BCUT2D eigenvalue weighted by atomic mass is 9.97. The van der Waals surface area contributed by atoms with Crippen LogP contribution in [-0.2, 0) is 9.53 Å². The molecule has 1 aliphatic heterocycles. The predicted octanol–water partition coefficient (Wildman–Crippen LogP) is 3.39. The van der Waals surface area contributed by atoms with Gasteiger partial charge in [-0.05, 0) is 48.7 Å². The number of esters is 1. The number of rotatable bonds is 3. The molecule has 4 nitrogen and oxygen atoms in total. The zero-order valence-corrected chi connectivity index (χ0v) is 14.3. The quantitative estimate of drug-likeness (QED) is 0.683. The third-order valence-corrected chi connectivity index (χ3v) is 4.51. The van der Waals surface area contributed by atoms with Gasteiger partial charge in [0.1, 0.15) is 0 Å². The van der Waals surface area contributed by atoms with Crippen molar-refractivity contribution >= 4 is 29.0 Å². The number of likely N-dealkylation sites (tertiary alicyclic amines) is 1. The molecule has 0 radical (unpaired) electrons. The highest BCUT2D eigenvalue weighted by Crippen LogP contribution is 2.21. The van der Waals surface area contributed by atoms with Gasteiger partial charge in [-0.1, -0.05) is 26.0 Å². The van der Waals surface area contributed by atoms with Crippen molar-refractivity contribution in [1.29, 1.82) is 0 Å². The summed E-state index contributed by atoms with van der Waals surface area (Å²) in [7, 11) is 1.45. The number of anilines is 1. The van der Waals surface area contributed by atoms with E-state index < -0.39 is 0 Å². The molecule has 0 amide bonds. The zero-order valence-electron chi connectivity index (χ0n) is 13.5. The zero-order chi connectivity index (χ0) is 16.1. The van der Waals surface area contributed by atoms with Crippen molar-refractivity contribution in [2.24, 2.45) is 5.92 Å². The van der Waals surface area contributed by atoms with Gasteiger partial charge in [-0.25, -0.2) is 0 Å². The fourth-order valence-corrected chi connectivity index (χ4v) is 2.94. The van der Waals surface area contributed by atoms with E-state index in [1.165, 1.54) is 12.7 Å². The van der Waals surface area contributed by atoms with Crippen molar-refractivity contribution in [2.75, 3.05) is 25.5 Å². The highest BCUT2D eigenvalue weighted by molar-refractivity contribution is 7.80. The van der Waals surface area contributed by atoms with Gasteiger partial charge in [-0.3, -0.25) is 4.79 Å². The summed E-state index contributed by atoms with van der Waals surface area (Å²) < 4.78 is 4.81. The van der Waals surface area contributed by atoms with Crippen LogP contribution in [0.3, 0.4) is 0 Å². The molecule has 0 bridgehead atoms. The van der Waals surface area contributed by atoms with E-state index in [-0.39, 0.29) is 11.9 Å². The van der Waals surface area contributed by atoms with E-state index in [1.807, 2.05) is 0 Å². The smallest absolute Gasteiger partial charge is 0.308 e. The maximum Gasteiger partial charge on any atom is 0.308 e. The normalized spacial score (nSPS) is 15.7. The molecule has 0 saturated carbocycles. The second kappa shape index (κ2) is 7.58. The number of ether oxygens (including phenoxy) is 1. The third-order valence-electron chi connectivity index (χ3n) is 4.15. The highest BCUT2D eigenvalue weighted by Gasteiger charge is 2.26. The van der Waals surface area contributed by atoms with Gasteiger partial charge in [0.2, 0.25) is 0 Å². The average Bonchev–Trinajstić information content (AvgIpc) is 2.54. The minimum absolute atomic E-state index is 0.00868. The fraction of sp³-hybridized carbons (Fsp3) is 0.529. The van der Waals surface area contributed by atoms with Crippen molar-refractivity contribution in [3.63, 3.8) is 0 Å². The van der Waals surface area contributed by atoms with Gasteiger partial charge < -0.3 is 15.0 Å². The summed E-state index contributed by atoms with van der Waals surface area (Å²) in [6.07, 6.45) is 1.58. The largest absolute Gasteiger partial charge is 0.469 e. The van der Waals surface area contributed by atoms with Crippen LogP contribution in [0.2, 0.25) is 0 Å². The number of benzene rings is 1. The Morgan fingerprint density at radius 1 is 1.27 bits per heavy atom. The van der Waals surface area contributed by atoms with Crippen LogP contribution >= 0.6 is 12.2 Å². The summed E-state index contributed by atoms with van der Waals surface area (Å²) in [6.45, 7) is 5.93. The first-order valence-corrected chi connectivity index (χ1v) is 8.15. The number of piperidine rings is 1. The first-order valence-electron chi connectivity index (χ1n) is 7.75. The number of nitrogens with zero attached hydrogens (tertiary/aromatic N) is 1. The number of carbonyl (C=O) groups excluding carboxylic acids is 1. The Balaban J connectivity index is 1.87. The first kappa shape index (κ1) is 16.7. The van der Waals surface area contributed by atoms with Crippen LogP contribution in [0.15, 0.2) is 24.3 Å². The Labute approximate surface area is 137 Å². The molecule has 120 valence electrons. The molecule has 0 aromatic heterocycles. The Bertz CT molecular complexity index is 520. The molecule has 1 heterocycles. The van der Waals surface area contributed by atoms with Crippen molar-refractivity contribution < 1.29 is 9.53 Å². The van der Waals surface area contributed by atoms with Crippen LogP contribution in [0.1, 0.15) is 38.2 Å². The lowest BCUT2D eigenvalue weighted by Gasteiger charge is -2.32. The molecule has 1 aliphatic rings. The molecule has 5 heteroatoms. The van der Waals surface area contributed by atoms with Crippen LogP contribution in [0.5, 0.6) is 0 Å². The van der Waals surface area contributed by atoms with Gasteiger partial charge in [0.25, 0.3) is 0 Å². The maximum atomic E-state index is 11.5. The van der Waals surface area contributed by atoms with Gasteiger partial charge in [0, 0.05) is 18.8 Å². The summed E-state index contributed by atoms with van der Waals surface area (Å²) in [5, 5.41) is 4.00. The van der Waals surface area contributed by atoms with E-state index in [1.54, 1.807) is 0 Å².